The summed E-state index contributed by atoms with van der Waals surface area (Å²) in [5.41, 5.74) is -1.05. The summed E-state index contributed by atoms with van der Waals surface area (Å²) in [5.74, 6) is -0.427. The van der Waals surface area contributed by atoms with Gasteiger partial charge in [-0.1, -0.05) is 13.8 Å². The summed E-state index contributed by atoms with van der Waals surface area (Å²) in [7, 11) is -4.40. The first-order valence-corrected chi connectivity index (χ1v) is 6.76. The molecule has 5 nitrogen and oxygen atoms in total. The summed E-state index contributed by atoms with van der Waals surface area (Å²) in [6, 6.07) is 0. The molecule has 0 aliphatic heterocycles. The second-order valence-electron chi connectivity index (χ2n) is 4.66. The molecule has 0 aromatic rings. The Labute approximate surface area is 97.4 Å². The SMILES string of the molecule is CCC(C)C(=O)NC(C)(C)C(C)S(=O)(=O)[O-]. The zero-order valence-electron chi connectivity index (χ0n) is 10.4. The van der Waals surface area contributed by atoms with Crippen LogP contribution in [0.25, 0.3) is 0 Å². The molecule has 0 saturated carbocycles. The summed E-state index contributed by atoms with van der Waals surface area (Å²) in [4.78, 5) is 11.6. The monoisotopic (exact) mass is 250 g/mol. The van der Waals surface area contributed by atoms with Crippen molar-refractivity contribution in [1.29, 1.82) is 0 Å². The van der Waals surface area contributed by atoms with Crippen LogP contribution < -0.4 is 5.32 Å². The van der Waals surface area contributed by atoms with E-state index < -0.39 is 20.9 Å². The van der Waals surface area contributed by atoms with Gasteiger partial charge in [-0.3, -0.25) is 4.79 Å². The van der Waals surface area contributed by atoms with Crippen LogP contribution in [0.5, 0.6) is 0 Å². The third-order valence-electron chi connectivity index (χ3n) is 2.95. The van der Waals surface area contributed by atoms with Crippen LogP contribution in [0.2, 0.25) is 0 Å². The van der Waals surface area contributed by atoms with E-state index in [0.717, 1.165) is 0 Å². The summed E-state index contributed by atoms with van der Waals surface area (Å²) < 4.78 is 32.7. The average molecular weight is 250 g/mol. The zero-order chi connectivity index (χ0) is 13.1. The molecule has 0 radical (unpaired) electrons. The maximum atomic E-state index is 11.6. The van der Waals surface area contributed by atoms with Crippen LogP contribution >= 0.6 is 0 Å². The lowest BCUT2D eigenvalue weighted by Crippen LogP contribution is -2.54. The van der Waals surface area contributed by atoms with E-state index in [1.807, 2.05) is 6.92 Å². The minimum absolute atomic E-state index is 0.194. The number of hydrogen-bond acceptors (Lipinski definition) is 4. The van der Waals surface area contributed by atoms with Crippen molar-refractivity contribution < 1.29 is 17.8 Å². The van der Waals surface area contributed by atoms with Gasteiger partial charge < -0.3 is 9.87 Å². The van der Waals surface area contributed by atoms with Crippen molar-refractivity contribution in [3.63, 3.8) is 0 Å². The highest BCUT2D eigenvalue weighted by Crippen LogP contribution is 2.17. The second kappa shape index (κ2) is 5.14. The number of nitrogens with one attached hydrogen (secondary N) is 1. The number of amides is 1. The van der Waals surface area contributed by atoms with Crippen molar-refractivity contribution in [1.82, 2.24) is 5.32 Å². The van der Waals surface area contributed by atoms with Crippen LogP contribution in [0.1, 0.15) is 41.0 Å². The molecule has 0 aromatic heterocycles. The van der Waals surface area contributed by atoms with E-state index >= 15 is 0 Å². The number of carbonyl (C=O) groups excluding carboxylic acids is 1. The Morgan fingerprint density at radius 2 is 1.81 bits per heavy atom. The quantitative estimate of drug-likeness (QED) is 0.733. The smallest absolute Gasteiger partial charge is 0.223 e. The molecular formula is C10H20NO4S-. The van der Waals surface area contributed by atoms with Crippen LogP contribution in [0.15, 0.2) is 0 Å². The molecule has 0 saturated heterocycles. The van der Waals surface area contributed by atoms with Gasteiger partial charge in [0, 0.05) is 11.5 Å². The molecule has 0 heterocycles. The van der Waals surface area contributed by atoms with E-state index in [-0.39, 0.29) is 11.8 Å². The van der Waals surface area contributed by atoms with E-state index in [1.54, 1.807) is 6.92 Å². The van der Waals surface area contributed by atoms with Gasteiger partial charge in [-0.05, 0) is 27.2 Å². The lowest BCUT2D eigenvalue weighted by molar-refractivity contribution is -0.126. The highest BCUT2D eigenvalue weighted by molar-refractivity contribution is 7.86. The standard InChI is InChI=1S/C10H21NO4S/c1-6-7(2)9(12)11-10(4,5)8(3)16(13,14)15/h7-8H,6H2,1-5H3,(H,11,12)(H,13,14,15)/p-1. The molecule has 2 atom stereocenters. The fourth-order valence-electron chi connectivity index (χ4n) is 1.09. The molecule has 2 unspecified atom stereocenters. The van der Waals surface area contributed by atoms with Gasteiger partial charge >= 0.3 is 0 Å². The fraction of sp³-hybridized carbons (Fsp3) is 0.900. The molecule has 0 bridgehead atoms. The first-order chi connectivity index (χ1) is 7.02. The second-order valence-corrected chi connectivity index (χ2v) is 6.35. The molecule has 16 heavy (non-hydrogen) atoms. The van der Waals surface area contributed by atoms with Crippen LogP contribution in [-0.4, -0.2) is 29.7 Å². The lowest BCUT2D eigenvalue weighted by atomic mass is 9.99. The molecule has 0 rings (SSSR count). The Kier molecular flexibility index (Phi) is 4.94. The predicted molar refractivity (Wildman–Crippen MR) is 60.8 cm³/mol. The normalized spacial score (nSPS) is 16.6. The molecule has 6 heteroatoms. The third-order valence-corrected chi connectivity index (χ3v) is 4.41. The molecule has 0 aliphatic rings. The number of hydrogen-bond donors (Lipinski definition) is 1. The van der Waals surface area contributed by atoms with Crippen molar-refractivity contribution in [2.24, 2.45) is 5.92 Å². The third kappa shape index (κ3) is 4.09. The first kappa shape index (κ1) is 15.4. The number of carbonyl (C=O) groups is 1. The topological polar surface area (TPSA) is 86.3 Å². The largest absolute Gasteiger partial charge is 0.748 e. The van der Waals surface area contributed by atoms with Crippen molar-refractivity contribution in [2.45, 2.75) is 51.8 Å². The van der Waals surface area contributed by atoms with Gasteiger partial charge in [-0.15, -0.1) is 0 Å². The lowest BCUT2D eigenvalue weighted by Gasteiger charge is -2.35. The van der Waals surface area contributed by atoms with Crippen LogP contribution in [0.4, 0.5) is 0 Å². The Morgan fingerprint density at radius 3 is 2.12 bits per heavy atom. The van der Waals surface area contributed by atoms with Crippen molar-refractivity contribution in [3.05, 3.63) is 0 Å². The molecule has 0 aliphatic carbocycles. The highest BCUT2D eigenvalue weighted by atomic mass is 32.2. The zero-order valence-corrected chi connectivity index (χ0v) is 11.2. The minimum atomic E-state index is -4.40. The van der Waals surface area contributed by atoms with Gasteiger partial charge in [0.2, 0.25) is 5.91 Å². The van der Waals surface area contributed by atoms with Crippen molar-refractivity contribution >= 4 is 16.0 Å². The van der Waals surface area contributed by atoms with Gasteiger partial charge in [0.05, 0.1) is 15.4 Å². The van der Waals surface area contributed by atoms with E-state index in [0.29, 0.717) is 6.42 Å². The van der Waals surface area contributed by atoms with E-state index in [4.69, 9.17) is 0 Å². The fourth-order valence-corrected chi connectivity index (χ4v) is 1.87. The van der Waals surface area contributed by atoms with Gasteiger partial charge in [0.1, 0.15) is 0 Å². The van der Waals surface area contributed by atoms with E-state index in [2.05, 4.69) is 5.32 Å². The maximum Gasteiger partial charge on any atom is 0.223 e. The summed E-state index contributed by atoms with van der Waals surface area (Å²) in [5, 5.41) is 1.44. The predicted octanol–water partition coefficient (Wildman–Crippen LogP) is 0.861. The van der Waals surface area contributed by atoms with Gasteiger partial charge in [-0.2, -0.15) is 0 Å². The highest BCUT2D eigenvalue weighted by Gasteiger charge is 2.32. The molecule has 1 amide bonds. The van der Waals surface area contributed by atoms with Crippen molar-refractivity contribution in [2.75, 3.05) is 0 Å². The Balaban J connectivity index is 4.77. The summed E-state index contributed by atoms with van der Waals surface area (Å²) >= 11 is 0. The van der Waals surface area contributed by atoms with Crippen LogP contribution in [0.3, 0.4) is 0 Å². The van der Waals surface area contributed by atoms with Gasteiger partial charge in [0.25, 0.3) is 0 Å². The Bertz CT molecular complexity index is 348. The van der Waals surface area contributed by atoms with Crippen LogP contribution in [0, 0.1) is 5.92 Å². The molecule has 1 N–H and O–H groups in total. The Morgan fingerprint density at radius 1 is 1.38 bits per heavy atom. The number of rotatable bonds is 5. The van der Waals surface area contributed by atoms with Crippen LogP contribution in [-0.2, 0) is 14.9 Å². The molecule has 0 spiro atoms. The van der Waals surface area contributed by atoms with Gasteiger partial charge in [0.15, 0.2) is 0 Å². The first-order valence-electron chi connectivity index (χ1n) is 5.29. The molecule has 0 aromatic carbocycles. The van der Waals surface area contributed by atoms with E-state index in [9.17, 15) is 17.8 Å². The average Bonchev–Trinajstić information content (AvgIpc) is 2.13. The molecule has 0 fully saturated rings. The molecular weight excluding hydrogens is 230 g/mol. The maximum absolute atomic E-state index is 11.6. The minimum Gasteiger partial charge on any atom is -0.748 e. The summed E-state index contributed by atoms with van der Waals surface area (Å²) in [6.07, 6.45) is 0.667. The van der Waals surface area contributed by atoms with E-state index in [1.165, 1.54) is 20.8 Å². The summed E-state index contributed by atoms with van der Waals surface area (Å²) in [6.45, 7) is 7.99. The molecule has 96 valence electrons. The van der Waals surface area contributed by atoms with Crippen molar-refractivity contribution in [3.8, 4) is 0 Å². The Hall–Kier alpha value is -0.620. The van der Waals surface area contributed by atoms with Gasteiger partial charge in [-0.25, -0.2) is 8.42 Å².